The summed E-state index contributed by atoms with van der Waals surface area (Å²) in [6.07, 6.45) is 5.28. The van der Waals surface area contributed by atoms with Crippen molar-refractivity contribution in [1.82, 2.24) is 5.32 Å². The maximum atomic E-state index is 6.13. The first-order chi connectivity index (χ1) is 10.1. The number of rotatable bonds is 3. The predicted molar refractivity (Wildman–Crippen MR) is 82.5 cm³/mol. The van der Waals surface area contributed by atoms with Gasteiger partial charge in [-0.3, -0.25) is 0 Å². The Kier molecular flexibility index (Phi) is 3.23. The standard InChI is InChI=1S/C18H25NO2/c1-18(2)11-15(13-5-3-4-6-16(13)21-18)19-14-9-10-20-17(14)12-7-8-12/h3-6,12,14-15,17,19H,7-11H2,1-2H3. The number of nitrogens with one attached hydrogen (secondary N) is 1. The van der Waals surface area contributed by atoms with Gasteiger partial charge in [0.05, 0.1) is 6.10 Å². The van der Waals surface area contributed by atoms with Crippen LogP contribution in [-0.4, -0.2) is 24.4 Å². The third-order valence-corrected chi connectivity index (χ3v) is 5.01. The molecule has 3 atom stereocenters. The molecule has 0 amide bonds. The molecule has 1 saturated heterocycles. The van der Waals surface area contributed by atoms with Crippen LogP contribution in [0.3, 0.4) is 0 Å². The Morgan fingerprint density at radius 3 is 2.76 bits per heavy atom. The van der Waals surface area contributed by atoms with Gasteiger partial charge >= 0.3 is 0 Å². The lowest BCUT2D eigenvalue weighted by molar-refractivity contribution is 0.0513. The number of ether oxygens (including phenoxy) is 2. The molecule has 1 aliphatic carbocycles. The van der Waals surface area contributed by atoms with Gasteiger partial charge in [-0.1, -0.05) is 18.2 Å². The van der Waals surface area contributed by atoms with Gasteiger partial charge in [-0.05, 0) is 45.1 Å². The van der Waals surface area contributed by atoms with Crippen LogP contribution in [0.25, 0.3) is 0 Å². The Morgan fingerprint density at radius 1 is 1.14 bits per heavy atom. The maximum Gasteiger partial charge on any atom is 0.124 e. The van der Waals surface area contributed by atoms with Gasteiger partial charge in [0.2, 0.25) is 0 Å². The van der Waals surface area contributed by atoms with Crippen molar-refractivity contribution in [3.8, 4) is 5.75 Å². The zero-order chi connectivity index (χ0) is 14.4. The van der Waals surface area contributed by atoms with E-state index in [1.54, 1.807) is 0 Å². The minimum absolute atomic E-state index is 0.111. The molecule has 3 nitrogen and oxygen atoms in total. The molecule has 21 heavy (non-hydrogen) atoms. The van der Waals surface area contributed by atoms with Crippen molar-refractivity contribution in [3.05, 3.63) is 29.8 Å². The van der Waals surface area contributed by atoms with Crippen LogP contribution in [0.1, 0.15) is 51.1 Å². The van der Waals surface area contributed by atoms with E-state index in [0.717, 1.165) is 31.1 Å². The van der Waals surface area contributed by atoms with Crippen LogP contribution >= 0.6 is 0 Å². The third-order valence-electron chi connectivity index (χ3n) is 5.01. The largest absolute Gasteiger partial charge is 0.487 e. The van der Waals surface area contributed by atoms with Crippen LogP contribution in [0.5, 0.6) is 5.75 Å². The number of para-hydroxylation sites is 1. The number of benzene rings is 1. The SMILES string of the molecule is CC1(C)CC(NC2CCOC2C2CC2)c2ccccc2O1. The lowest BCUT2D eigenvalue weighted by Gasteiger charge is -2.39. The van der Waals surface area contributed by atoms with Crippen LogP contribution in [0.2, 0.25) is 0 Å². The van der Waals surface area contributed by atoms with Gasteiger partial charge in [0, 0.05) is 30.7 Å². The van der Waals surface area contributed by atoms with Gasteiger partial charge in [0.1, 0.15) is 11.4 Å². The van der Waals surface area contributed by atoms with Gasteiger partial charge in [0.25, 0.3) is 0 Å². The number of fused-ring (bicyclic) bond motifs is 1. The highest BCUT2D eigenvalue weighted by molar-refractivity contribution is 5.38. The maximum absolute atomic E-state index is 6.13. The molecule has 3 heteroatoms. The molecule has 2 fully saturated rings. The summed E-state index contributed by atoms with van der Waals surface area (Å²) in [5, 5.41) is 3.90. The molecule has 3 aliphatic rings. The normalized spacial score (nSPS) is 34.3. The highest BCUT2D eigenvalue weighted by atomic mass is 16.5. The Hall–Kier alpha value is -1.06. The van der Waals surface area contributed by atoms with Crippen LogP contribution in [0.15, 0.2) is 24.3 Å². The van der Waals surface area contributed by atoms with Crippen LogP contribution in [0, 0.1) is 5.92 Å². The first-order valence-corrected chi connectivity index (χ1v) is 8.28. The smallest absolute Gasteiger partial charge is 0.124 e. The summed E-state index contributed by atoms with van der Waals surface area (Å²) in [5.41, 5.74) is 1.19. The summed E-state index contributed by atoms with van der Waals surface area (Å²) in [6, 6.07) is 9.34. The van der Waals surface area contributed by atoms with E-state index in [4.69, 9.17) is 9.47 Å². The average Bonchev–Trinajstić information content (AvgIpc) is 3.18. The van der Waals surface area contributed by atoms with Gasteiger partial charge in [0.15, 0.2) is 0 Å². The Balaban J connectivity index is 1.56. The summed E-state index contributed by atoms with van der Waals surface area (Å²) in [4.78, 5) is 0. The predicted octanol–water partition coefficient (Wildman–Crippen LogP) is 3.45. The van der Waals surface area contributed by atoms with E-state index in [1.165, 1.54) is 18.4 Å². The molecule has 2 heterocycles. The molecule has 1 saturated carbocycles. The Labute approximate surface area is 127 Å². The van der Waals surface area contributed by atoms with Crippen molar-refractivity contribution >= 4 is 0 Å². The summed E-state index contributed by atoms with van der Waals surface area (Å²) >= 11 is 0. The zero-order valence-electron chi connectivity index (χ0n) is 13.0. The Bertz CT molecular complexity index is 524. The summed E-state index contributed by atoms with van der Waals surface area (Å²) in [6.45, 7) is 5.27. The second-order valence-electron chi connectivity index (χ2n) is 7.39. The summed E-state index contributed by atoms with van der Waals surface area (Å²) in [7, 11) is 0. The van der Waals surface area contributed by atoms with Crippen molar-refractivity contribution in [1.29, 1.82) is 0 Å². The minimum Gasteiger partial charge on any atom is -0.487 e. The average molecular weight is 287 g/mol. The molecule has 3 unspecified atom stereocenters. The van der Waals surface area contributed by atoms with Crippen molar-refractivity contribution in [3.63, 3.8) is 0 Å². The van der Waals surface area contributed by atoms with E-state index in [0.29, 0.717) is 18.2 Å². The van der Waals surface area contributed by atoms with Gasteiger partial charge in [-0.15, -0.1) is 0 Å². The third kappa shape index (κ3) is 2.69. The summed E-state index contributed by atoms with van der Waals surface area (Å²) in [5.74, 6) is 1.83. The van der Waals surface area contributed by atoms with Crippen molar-refractivity contribution in [2.45, 2.75) is 63.3 Å². The zero-order valence-corrected chi connectivity index (χ0v) is 13.0. The molecule has 0 radical (unpaired) electrons. The van der Waals surface area contributed by atoms with Gasteiger partial charge < -0.3 is 14.8 Å². The molecule has 0 spiro atoms. The van der Waals surface area contributed by atoms with E-state index >= 15 is 0 Å². The second-order valence-corrected chi connectivity index (χ2v) is 7.39. The van der Waals surface area contributed by atoms with Crippen molar-refractivity contribution < 1.29 is 9.47 Å². The number of hydrogen-bond donors (Lipinski definition) is 1. The molecular weight excluding hydrogens is 262 g/mol. The second kappa shape index (κ2) is 4.99. The summed E-state index contributed by atoms with van der Waals surface area (Å²) < 4.78 is 12.1. The fourth-order valence-corrected chi connectivity index (χ4v) is 3.89. The van der Waals surface area contributed by atoms with Gasteiger partial charge in [-0.2, -0.15) is 0 Å². The monoisotopic (exact) mass is 287 g/mol. The lowest BCUT2D eigenvalue weighted by atomic mass is 9.88. The molecule has 114 valence electrons. The number of hydrogen-bond acceptors (Lipinski definition) is 3. The fraction of sp³-hybridized carbons (Fsp3) is 0.667. The molecular formula is C18H25NO2. The molecule has 4 rings (SSSR count). The highest BCUT2D eigenvalue weighted by Crippen LogP contribution is 2.42. The van der Waals surface area contributed by atoms with Crippen LogP contribution in [0.4, 0.5) is 0 Å². The van der Waals surface area contributed by atoms with E-state index in [-0.39, 0.29) is 5.60 Å². The highest BCUT2D eigenvalue weighted by Gasteiger charge is 2.43. The minimum atomic E-state index is -0.111. The molecule has 0 bridgehead atoms. The van der Waals surface area contributed by atoms with Gasteiger partial charge in [-0.25, -0.2) is 0 Å². The fourth-order valence-electron chi connectivity index (χ4n) is 3.89. The molecule has 1 aromatic carbocycles. The lowest BCUT2D eigenvalue weighted by Crippen LogP contribution is -2.45. The van der Waals surface area contributed by atoms with Crippen LogP contribution in [-0.2, 0) is 4.74 Å². The quantitative estimate of drug-likeness (QED) is 0.923. The van der Waals surface area contributed by atoms with Crippen LogP contribution < -0.4 is 10.1 Å². The molecule has 1 aromatic rings. The molecule has 2 aliphatic heterocycles. The Morgan fingerprint density at radius 2 is 1.95 bits per heavy atom. The first kappa shape index (κ1) is 13.6. The topological polar surface area (TPSA) is 30.5 Å². The van der Waals surface area contributed by atoms with E-state index in [1.807, 2.05) is 0 Å². The van der Waals surface area contributed by atoms with Crippen molar-refractivity contribution in [2.75, 3.05) is 6.61 Å². The van der Waals surface area contributed by atoms with E-state index < -0.39 is 0 Å². The van der Waals surface area contributed by atoms with E-state index in [9.17, 15) is 0 Å². The van der Waals surface area contributed by atoms with E-state index in [2.05, 4.69) is 43.4 Å². The first-order valence-electron chi connectivity index (χ1n) is 8.28. The van der Waals surface area contributed by atoms with Crippen molar-refractivity contribution in [2.24, 2.45) is 5.92 Å². The molecule has 0 aromatic heterocycles. The molecule has 1 N–H and O–H groups in total.